The molecule has 3 heterocycles. The highest BCUT2D eigenvalue weighted by Gasteiger charge is 2.20. The molecule has 0 radical (unpaired) electrons. The van der Waals surface area contributed by atoms with Crippen molar-refractivity contribution < 1.29 is 4.79 Å². The molecule has 3 aromatic rings. The molecule has 24 heavy (non-hydrogen) atoms. The second-order valence-electron chi connectivity index (χ2n) is 5.88. The molecule has 0 N–H and O–H groups in total. The fourth-order valence-electron chi connectivity index (χ4n) is 3.09. The number of para-hydroxylation sites is 1. The van der Waals surface area contributed by atoms with E-state index in [-0.39, 0.29) is 11.5 Å². The molecule has 0 bridgehead atoms. The standard InChI is InChI=1S/C16H17N5O2S/c1-19-14(23)11-6-2-3-7-12(11)21-15(19)17-18-16(21)24-10-13(22)20-8-4-5-9-20/h2-3,6-7H,4-5,8-10H2,1H3. The van der Waals surface area contributed by atoms with Crippen molar-refractivity contribution in [1.82, 2.24) is 24.1 Å². The van der Waals surface area contributed by atoms with Crippen molar-refractivity contribution in [3.63, 3.8) is 0 Å². The molecule has 0 unspecified atom stereocenters. The van der Waals surface area contributed by atoms with E-state index in [1.54, 1.807) is 13.1 Å². The first-order chi connectivity index (χ1) is 11.7. The van der Waals surface area contributed by atoms with E-state index in [0.717, 1.165) is 31.4 Å². The lowest BCUT2D eigenvalue weighted by atomic mass is 10.2. The van der Waals surface area contributed by atoms with Gasteiger partial charge in [-0.15, -0.1) is 10.2 Å². The summed E-state index contributed by atoms with van der Waals surface area (Å²) < 4.78 is 3.33. The highest BCUT2D eigenvalue weighted by atomic mass is 32.2. The van der Waals surface area contributed by atoms with E-state index in [1.807, 2.05) is 27.5 Å². The Morgan fingerprint density at radius 1 is 1.21 bits per heavy atom. The minimum atomic E-state index is -0.102. The first-order valence-corrected chi connectivity index (χ1v) is 8.89. The first-order valence-electron chi connectivity index (χ1n) is 7.90. The number of fused-ring (bicyclic) bond motifs is 3. The average molecular weight is 343 g/mol. The van der Waals surface area contributed by atoms with Crippen LogP contribution in [0.1, 0.15) is 12.8 Å². The Labute approximate surface area is 142 Å². The van der Waals surface area contributed by atoms with Crippen LogP contribution >= 0.6 is 11.8 Å². The summed E-state index contributed by atoms with van der Waals surface area (Å²) >= 11 is 1.36. The number of amides is 1. The molecular formula is C16H17N5O2S. The molecule has 0 saturated carbocycles. The van der Waals surface area contributed by atoms with Gasteiger partial charge in [-0.1, -0.05) is 23.9 Å². The number of aryl methyl sites for hydroxylation is 1. The van der Waals surface area contributed by atoms with Crippen molar-refractivity contribution >= 4 is 34.3 Å². The van der Waals surface area contributed by atoms with E-state index >= 15 is 0 Å². The van der Waals surface area contributed by atoms with Crippen LogP contribution < -0.4 is 5.56 Å². The summed E-state index contributed by atoms with van der Waals surface area (Å²) in [4.78, 5) is 26.6. The zero-order chi connectivity index (χ0) is 16.7. The zero-order valence-electron chi connectivity index (χ0n) is 13.3. The lowest BCUT2D eigenvalue weighted by Crippen LogP contribution is -2.29. The van der Waals surface area contributed by atoms with Gasteiger partial charge in [-0.05, 0) is 25.0 Å². The Bertz CT molecular complexity index is 987. The lowest BCUT2D eigenvalue weighted by molar-refractivity contribution is -0.127. The number of likely N-dealkylation sites (tertiary alicyclic amines) is 1. The topological polar surface area (TPSA) is 72.5 Å². The highest BCUT2D eigenvalue weighted by Crippen LogP contribution is 2.22. The molecule has 1 aliphatic heterocycles. The van der Waals surface area contributed by atoms with Gasteiger partial charge >= 0.3 is 0 Å². The quantitative estimate of drug-likeness (QED) is 0.670. The third-order valence-electron chi connectivity index (χ3n) is 4.38. The van der Waals surface area contributed by atoms with Gasteiger partial charge in [0.2, 0.25) is 11.7 Å². The molecule has 1 fully saturated rings. The van der Waals surface area contributed by atoms with Gasteiger partial charge in [-0.3, -0.25) is 18.6 Å². The van der Waals surface area contributed by atoms with Crippen LogP contribution in [0.3, 0.4) is 0 Å². The van der Waals surface area contributed by atoms with E-state index in [2.05, 4.69) is 10.2 Å². The summed E-state index contributed by atoms with van der Waals surface area (Å²) in [6.45, 7) is 1.69. The minimum Gasteiger partial charge on any atom is -0.342 e. The summed E-state index contributed by atoms with van der Waals surface area (Å²) in [5, 5.41) is 9.57. The van der Waals surface area contributed by atoms with Crippen molar-refractivity contribution in [2.24, 2.45) is 7.05 Å². The molecule has 1 amide bonds. The van der Waals surface area contributed by atoms with Crippen LogP contribution in [-0.4, -0.2) is 48.8 Å². The molecule has 0 spiro atoms. The molecule has 1 aromatic carbocycles. The fraction of sp³-hybridized carbons (Fsp3) is 0.375. The van der Waals surface area contributed by atoms with Crippen molar-refractivity contribution in [3.05, 3.63) is 34.6 Å². The van der Waals surface area contributed by atoms with Crippen LogP contribution in [0.25, 0.3) is 16.7 Å². The van der Waals surface area contributed by atoms with Gasteiger partial charge < -0.3 is 4.90 Å². The van der Waals surface area contributed by atoms with E-state index in [0.29, 0.717) is 22.1 Å². The number of carbonyl (C=O) groups excluding carboxylic acids is 1. The van der Waals surface area contributed by atoms with E-state index in [1.165, 1.54) is 16.3 Å². The normalized spacial score (nSPS) is 14.8. The smallest absolute Gasteiger partial charge is 0.262 e. The Balaban J connectivity index is 1.74. The largest absolute Gasteiger partial charge is 0.342 e. The van der Waals surface area contributed by atoms with E-state index in [9.17, 15) is 9.59 Å². The maximum absolute atomic E-state index is 12.4. The van der Waals surface area contributed by atoms with Gasteiger partial charge in [-0.25, -0.2) is 0 Å². The SMILES string of the molecule is Cn1c(=O)c2ccccc2n2c(SCC(=O)N3CCCC3)nnc12. The van der Waals surface area contributed by atoms with Crippen LogP contribution in [0.2, 0.25) is 0 Å². The van der Waals surface area contributed by atoms with Crippen molar-refractivity contribution in [1.29, 1.82) is 0 Å². The maximum atomic E-state index is 12.4. The van der Waals surface area contributed by atoms with Gasteiger partial charge in [0.15, 0.2) is 5.16 Å². The first kappa shape index (κ1) is 15.2. The van der Waals surface area contributed by atoms with Gasteiger partial charge in [0.05, 0.1) is 16.7 Å². The summed E-state index contributed by atoms with van der Waals surface area (Å²) in [5.74, 6) is 0.941. The third-order valence-corrected chi connectivity index (χ3v) is 5.29. The van der Waals surface area contributed by atoms with Crippen molar-refractivity contribution in [2.75, 3.05) is 18.8 Å². The Morgan fingerprint density at radius 3 is 2.75 bits per heavy atom. The number of nitrogens with zero attached hydrogens (tertiary/aromatic N) is 5. The number of carbonyl (C=O) groups is 1. The Hall–Kier alpha value is -2.35. The monoisotopic (exact) mass is 343 g/mol. The van der Waals surface area contributed by atoms with Crippen LogP contribution in [0.5, 0.6) is 0 Å². The Morgan fingerprint density at radius 2 is 1.96 bits per heavy atom. The van der Waals surface area contributed by atoms with Crippen LogP contribution in [0.15, 0.2) is 34.2 Å². The van der Waals surface area contributed by atoms with E-state index in [4.69, 9.17) is 0 Å². The lowest BCUT2D eigenvalue weighted by Gasteiger charge is -2.14. The van der Waals surface area contributed by atoms with Gasteiger partial charge in [0.25, 0.3) is 5.56 Å². The maximum Gasteiger partial charge on any atom is 0.262 e. The van der Waals surface area contributed by atoms with Crippen LogP contribution in [-0.2, 0) is 11.8 Å². The van der Waals surface area contributed by atoms with Crippen LogP contribution in [0.4, 0.5) is 0 Å². The van der Waals surface area contributed by atoms with Crippen LogP contribution in [0, 0.1) is 0 Å². The molecule has 7 nitrogen and oxygen atoms in total. The predicted octanol–water partition coefficient (Wildman–Crippen LogP) is 1.30. The molecule has 2 aromatic heterocycles. The predicted molar refractivity (Wildman–Crippen MR) is 92.3 cm³/mol. The molecule has 124 valence electrons. The molecule has 1 saturated heterocycles. The minimum absolute atomic E-state index is 0.102. The molecule has 8 heteroatoms. The second kappa shape index (κ2) is 5.94. The summed E-state index contributed by atoms with van der Waals surface area (Å²) in [6, 6.07) is 7.38. The summed E-state index contributed by atoms with van der Waals surface area (Å²) in [6.07, 6.45) is 2.16. The average Bonchev–Trinajstić information content (AvgIpc) is 3.27. The van der Waals surface area contributed by atoms with Gasteiger partial charge in [0, 0.05) is 20.1 Å². The number of thioether (sulfide) groups is 1. The summed E-state index contributed by atoms with van der Waals surface area (Å²) in [5.41, 5.74) is 0.659. The molecular weight excluding hydrogens is 326 g/mol. The number of aromatic nitrogens is 4. The molecule has 0 aliphatic carbocycles. The molecule has 4 rings (SSSR count). The zero-order valence-corrected chi connectivity index (χ0v) is 14.1. The highest BCUT2D eigenvalue weighted by molar-refractivity contribution is 7.99. The van der Waals surface area contributed by atoms with Crippen molar-refractivity contribution in [2.45, 2.75) is 18.0 Å². The number of benzene rings is 1. The molecule has 0 atom stereocenters. The Kier molecular flexibility index (Phi) is 3.76. The van der Waals surface area contributed by atoms with Crippen molar-refractivity contribution in [3.8, 4) is 0 Å². The number of rotatable bonds is 3. The number of hydrogen-bond acceptors (Lipinski definition) is 5. The number of hydrogen-bond donors (Lipinski definition) is 0. The summed E-state index contributed by atoms with van der Waals surface area (Å²) in [7, 11) is 1.68. The second-order valence-corrected chi connectivity index (χ2v) is 6.82. The fourth-order valence-corrected chi connectivity index (χ4v) is 3.93. The molecule has 1 aliphatic rings. The third kappa shape index (κ3) is 2.37. The van der Waals surface area contributed by atoms with E-state index < -0.39 is 0 Å². The van der Waals surface area contributed by atoms with Gasteiger partial charge in [0.1, 0.15) is 0 Å². The van der Waals surface area contributed by atoms with Gasteiger partial charge in [-0.2, -0.15) is 0 Å².